The second kappa shape index (κ2) is 14.8. The Morgan fingerprint density at radius 3 is 2.29 bits per heavy atom. The molecule has 0 saturated carbocycles. The van der Waals surface area contributed by atoms with Crippen LogP contribution in [0.3, 0.4) is 0 Å². The van der Waals surface area contributed by atoms with E-state index in [1.165, 1.54) is 34.3 Å². The minimum Gasteiger partial charge on any atom is -0.455 e. The van der Waals surface area contributed by atoms with Gasteiger partial charge in [-0.15, -0.1) is 0 Å². The molecule has 0 unspecified atom stereocenters. The Hall–Kier alpha value is -3.86. The fourth-order valence-corrected chi connectivity index (χ4v) is 11.5. The summed E-state index contributed by atoms with van der Waals surface area (Å²) in [4.78, 5) is 13.4. The topological polar surface area (TPSA) is 167 Å². The quantitative estimate of drug-likeness (QED) is 0.0980. The number of ether oxygens (including phenoxy) is 1. The molecule has 3 N–H and O–H groups in total. The highest BCUT2D eigenvalue weighted by atomic mass is 35.5. The number of unbranched alkanes of at least 4 members (excludes halogenated alkanes) is 2. The van der Waals surface area contributed by atoms with Gasteiger partial charge in [0.25, 0.3) is 10.1 Å². The van der Waals surface area contributed by atoms with E-state index in [0.717, 1.165) is 117 Å². The van der Waals surface area contributed by atoms with E-state index >= 15 is 0 Å². The number of anilines is 2. The molecule has 0 atom stereocenters. The molecular formula is C39H42Cl2N7O6S2+. The largest absolute Gasteiger partial charge is 0.455 e. The Bertz CT molecular complexity index is 2630. The molecule has 0 fully saturated rings. The lowest BCUT2D eigenvalue weighted by Gasteiger charge is -2.39. The summed E-state index contributed by atoms with van der Waals surface area (Å²) in [7, 11) is -9.05. The van der Waals surface area contributed by atoms with Crippen LogP contribution in [0.25, 0.3) is 5.57 Å². The van der Waals surface area contributed by atoms with E-state index in [9.17, 15) is 21.4 Å². The molecule has 0 radical (unpaired) electrons. The number of halogens is 2. The summed E-state index contributed by atoms with van der Waals surface area (Å²) in [6.45, 7) is 4.58. The van der Waals surface area contributed by atoms with Crippen molar-refractivity contribution in [3.05, 3.63) is 84.9 Å². The summed E-state index contributed by atoms with van der Waals surface area (Å²) in [6.07, 6.45) is 9.33. The molecule has 17 heteroatoms. The van der Waals surface area contributed by atoms with Crippen LogP contribution >= 0.6 is 23.2 Å². The van der Waals surface area contributed by atoms with E-state index < -0.39 is 25.0 Å². The number of benzene rings is 3. The summed E-state index contributed by atoms with van der Waals surface area (Å²) >= 11 is 11.6. The van der Waals surface area contributed by atoms with Gasteiger partial charge in [0.2, 0.25) is 31.9 Å². The molecule has 9 rings (SSSR count). The maximum Gasteiger partial charge on any atom is 0.295 e. The summed E-state index contributed by atoms with van der Waals surface area (Å²) in [5, 5.41) is 4.98. The smallest absolute Gasteiger partial charge is 0.295 e. The van der Waals surface area contributed by atoms with Crippen LogP contribution in [0, 0.1) is 0 Å². The van der Waals surface area contributed by atoms with Crippen molar-refractivity contribution in [3.63, 3.8) is 0 Å². The molecule has 0 spiro atoms. The van der Waals surface area contributed by atoms with Gasteiger partial charge in [-0.2, -0.15) is 23.4 Å². The van der Waals surface area contributed by atoms with Crippen LogP contribution in [0.15, 0.2) is 40.1 Å². The molecule has 0 bridgehead atoms. The number of aryl methyl sites for hydroxylation is 2. The third kappa shape index (κ3) is 6.93. The second-order valence-corrected chi connectivity index (χ2v) is 18.9. The molecular weight excluding hydrogens is 798 g/mol. The summed E-state index contributed by atoms with van der Waals surface area (Å²) < 4.78 is 76.9. The van der Waals surface area contributed by atoms with E-state index in [0.29, 0.717) is 31.4 Å². The molecule has 5 aliphatic heterocycles. The van der Waals surface area contributed by atoms with Crippen LogP contribution in [-0.4, -0.2) is 75.6 Å². The van der Waals surface area contributed by atoms with Crippen LogP contribution in [0.2, 0.25) is 10.6 Å². The third-order valence-electron chi connectivity index (χ3n) is 11.5. The van der Waals surface area contributed by atoms with E-state index in [1.54, 1.807) is 0 Å². The zero-order valence-electron chi connectivity index (χ0n) is 30.7. The average molecular weight is 840 g/mol. The molecule has 13 nitrogen and oxygen atoms in total. The van der Waals surface area contributed by atoms with Gasteiger partial charge >= 0.3 is 0 Å². The van der Waals surface area contributed by atoms with Crippen LogP contribution in [-0.2, 0) is 45.8 Å². The first-order valence-corrected chi connectivity index (χ1v) is 23.0. The van der Waals surface area contributed by atoms with E-state index in [2.05, 4.69) is 46.6 Å². The molecule has 56 heavy (non-hydrogen) atoms. The number of fused-ring (bicyclic) bond motifs is 4. The standard InChI is InChI=1S/C39H41Cl2N7O6S2/c40-37-44-38(41)46-39(45-37)42-14-2-1-3-15-43-55(49,50)25-12-13-26(31(22-25)56(51,52)53)32-29-20-23-8-4-16-47-18-6-10-27(33(23)47)35(29)54-36-28-11-7-19-48-17-5-9-24(34(28)48)21-30(32)36/h12-13,20-22,43H,1-11,14-19H2,(H-,42,44,45,46,51,52,53)/p+1. The fourth-order valence-electron chi connectivity index (χ4n) is 9.22. The van der Waals surface area contributed by atoms with Crippen LogP contribution in [0.1, 0.15) is 78.3 Å². The van der Waals surface area contributed by atoms with Gasteiger partial charge in [0.1, 0.15) is 29.5 Å². The molecule has 5 aliphatic rings. The number of hydrogen-bond donors (Lipinski definition) is 3. The Morgan fingerprint density at radius 2 is 1.50 bits per heavy atom. The van der Waals surface area contributed by atoms with Gasteiger partial charge in [-0.3, -0.25) is 4.55 Å². The Labute approximate surface area is 335 Å². The molecule has 0 amide bonds. The number of hydrogen-bond acceptors (Lipinski definition) is 10. The predicted octanol–water partition coefficient (Wildman–Crippen LogP) is 4.42. The monoisotopic (exact) mass is 838 g/mol. The SMILES string of the molecule is O=S(=O)(O)c1cc(S(=O)(=O)NCCCCCNc2nc(Cl)nc(Cl)n2)ccc1C1=c2cc3c4c(c2Oc2c1cc1c5c2CCCN5CCC1)CCC[N+]=4CCC3. The van der Waals surface area contributed by atoms with Crippen molar-refractivity contribution in [2.45, 2.75) is 80.4 Å². The first-order valence-electron chi connectivity index (χ1n) is 19.3. The minimum absolute atomic E-state index is 0.0212. The highest BCUT2D eigenvalue weighted by Gasteiger charge is 2.37. The van der Waals surface area contributed by atoms with Gasteiger partial charge in [-0.1, -0.05) is 12.5 Å². The zero-order chi connectivity index (χ0) is 38.8. The molecule has 6 heterocycles. The third-order valence-corrected chi connectivity index (χ3v) is 14.2. The highest BCUT2D eigenvalue weighted by molar-refractivity contribution is 7.89. The molecule has 0 saturated heterocycles. The second-order valence-electron chi connectivity index (χ2n) is 15.1. The normalized spacial score (nSPS) is 17.1. The highest BCUT2D eigenvalue weighted by Crippen LogP contribution is 2.49. The van der Waals surface area contributed by atoms with Crippen molar-refractivity contribution >= 4 is 60.6 Å². The predicted molar refractivity (Wildman–Crippen MR) is 214 cm³/mol. The van der Waals surface area contributed by atoms with Crippen LogP contribution < -0.4 is 34.8 Å². The maximum atomic E-state index is 13.6. The van der Waals surface area contributed by atoms with Gasteiger partial charge in [0.15, 0.2) is 0 Å². The van der Waals surface area contributed by atoms with Gasteiger partial charge in [0.05, 0.1) is 10.5 Å². The Balaban J connectivity index is 1.09. The minimum atomic E-state index is -4.90. The molecule has 294 valence electrons. The number of rotatable bonds is 11. The molecule has 1 aromatic heterocycles. The molecule has 0 aliphatic carbocycles. The number of nitrogens with one attached hydrogen (secondary N) is 2. The van der Waals surface area contributed by atoms with Crippen molar-refractivity contribution < 1.29 is 26.1 Å². The van der Waals surface area contributed by atoms with Crippen LogP contribution in [0.4, 0.5) is 11.6 Å². The van der Waals surface area contributed by atoms with Gasteiger partial charge in [-0.05, 0) is 104 Å². The van der Waals surface area contributed by atoms with E-state index in [4.69, 9.17) is 27.9 Å². The zero-order valence-corrected chi connectivity index (χ0v) is 33.8. The number of nitrogens with zero attached hydrogens (tertiary/aromatic N) is 5. The maximum absolute atomic E-state index is 13.6. The summed E-state index contributed by atoms with van der Waals surface area (Å²) in [6, 6.07) is 8.33. The molecule has 4 aromatic rings. The first-order chi connectivity index (χ1) is 27.0. The lowest BCUT2D eigenvalue weighted by atomic mass is 9.82. The van der Waals surface area contributed by atoms with E-state index in [1.807, 2.05) is 0 Å². The van der Waals surface area contributed by atoms with Gasteiger partial charge in [-0.25, -0.2) is 17.7 Å². The lowest BCUT2D eigenvalue weighted by molar-refractivity contribution is 0.431. The Kier molecular flexibility index (Phi) is 9.98. The average Bonchev–Trinajstić information content (AvgIpc) is 3.16. The van der Waals surface area contributed by atoms with Gasteiger partial charge < -0.3 is 15.0 Å². The number of sulfonamides is 1. The van der Waals surface area contributed by atoms with Crippen LogP contribution in [0.5, 0.6) is 11.5 Å². The van der Waals surface area contributed by atoms with Crippen molar-refractivity contribution in [1.29, 1.82) is 0 Å². The van der Waals surface area contributed by atoms with Gasteiger partial charge in [0, 0.05) is 77.8 Å². The van der Waals surface area contributed by atoms with Crippen molar-refractivity contribution in [2.24, 2.45) is 0 Å². The molecule has 3 aromatic carbocycles. The van der Waals surface area contributed by atoms with Crippen molar-refractivity contribution in [1.82, 2.24) is 24.2 Å². The van der Waals surface area contributed by atoms with E-state index in [-0.39, 0.29) is 33.5 Å². The first kappa shape index (κ1) is 37.7. The summed E-state index contributed by atoms with van der Waals surface area (Å²) in [5.41, 5.74) is 7.57. The van der Waals surface area contributed by atoms with Crippen molar-refractivity contribution in [3.8, 4) is 11.5 Å². The van der Waals surface area contributed by atoms with Crippen molar-refractivity contribution in [2.75, 3.05) is 49.5 Å². The fraction of sp³-hybridized carbons (Fsp3) is 0.436. The summed E-state index contributed by atoms with van der Waals surface area (Å²) in [5.74, 6) is 1.72. The lowest BCUT2D eigenvalue weighted by Crippen LogP contribution is -2.45. The number of aromatic nitrogens is 3. The Morgan fingerprint density at radius 1 is 0.786 bits per heavy atom.